The molecular weight excluding hydrogens is 578 g/mol. The van der Waals surface area contributed by atoms with E-state index in [1.807, 2.05) is 0 Å². The number of nitrogens with one attached hydrogen (secondary N) is 1. The van der Waals surface area contributed by atoms with E-state index in [9.17, 15) is 37.2 Å². The minimum Gasteiger partial charge on any atom is -0.480 e. The van der Waals surface area contributed by atoms with Gasteiger partial charge < -0.3 is 14.4 Å². The van der Waals surface area contributed by atoms with E-state index in [1.54, 1.807) is 17.1 Å². The number of rotatable bonds is 9. The van der Waals surface area contributed by atoms with Crippen molar-refractivity contribution in [2.75, 3.05) is 13.7 Å². The fourth-order valence-electron chi connectivity index (χ4n) is 2.97. The van der Waals surface area contributed by atoms with Crippen molar-refractivity contribution >= 4 is 29.6 Å². The van der Waals surface area contributed by atoms with Gasteiger partial charge in [-0.15, -0.1) is 0 Å². The smallest absolute Gasteiger partial charge is 0.462 e. The quantitative estimate of drug-likeness (QED) is 0.329. The van der Waals surface area contributed by atoms with Crippen molar-refractivity contribution in [1.29, 1.82) is 0 Å². The Morgan fingerprint density at radius 1 is 1.31 bits per heavy atom. The van der Waals surface area contributed by atoms with Crippen LogP contribution in [0.1, 0.15) is 18.7 Å². The zero-order valence-electron chi connectivity index (χ0n) is 18.6. The third-order valence-electron chi connectivity index (χ3n) is 5.09. The number of benzene rings is 1. The number of carboxylic acids is 1. The normalized spacial score (nSPS) is 20.3. The molecule has 1 aliphatic rings. The highest BCUT2D eigenvalue weighted by Gasteiger charge is 2.40. The van der Waals surface area contributed by atoms with Gasteiger partial charge in [-0.1, -0.05) is 22.0 Å². The third kappa shape index (κ3) is 6.34. The molecule has 0 saturated carbocycles. The highest BCUT2D eigenvalue weighted by atomic mass is 79.9. The van der Waals surface area contributed by atoms with E-state index >= 15 is 0 Å². The molecule has 1 aliphatic heterocycles. The lowest BCUT2D eigenvalue weighted by atomic mass is 10.3. The molecule has 2 heterocycles. The van der Waals surface area contributed by atoms with E-state index in [2.05, 4.69) is 15.9 Å². The lowest BCUT2D eigenvalue weighted by molar-refractivity contribution is -0.141. The van der Waals surface area contributed by atoms with Gasteiger partial charge in [-0.25, -0.2) is 9.36 Å². The van der Waals surface area contributed by atoms with Crippen molar-refractivity contribution in [2.24, 2.45) is 0 Å². The minimum atomic E-state index is -5.00. The molecule has 2 aromatic rings. The number of hydrogen-bond acceptors (Lipinski definition) is 7. The summed E-state index contributed by atoms with van der Waals surface area (Å²) in [6.45, 7) is 0.799. The van der Waals surface area contributed by atoms with Crippen molar-refractivity contribution in [1.82, 2.24) is 14.2 Å². The van der Waals surface area contributed by atoms with Gasteiger partial charge in [0.1, 0.15) is 23.5 Å². The number of H-pyrrole nitrogens is 1. The lowest BCUT2D eigenvalue weighted by Gasteiger charge is -2.30. The summed E-state index contributed by atoms with van der Waals surface area (Å²) in [6, 6.07) is 4.87. The van der Waals surface area contributed by atoms with Crippen molar-refractivity contribution < 1.29 is 41.4 Å². The van der Waals surface area contributed by atoms with Gasteiger partial charge in [0.15, 0.2) is 6.23 Å². The maximum Gasteiger partial charge on any atom is 0.462 e. The van der Waals surface area contributed by atoms with Gasteiger partial charge in [0.2, 0.25) is 0 Å². The van der Waals surface area contributed by atoms with Gasteiger partial charge in [0, 0.05) is 10.7 Å². The molecule has 16 heteroatoms. The molecule has 0 bridgehead atoms. The molecule has 36 heavy (non-hydrogen) atoms. The Hall–Kier alpha value is -2.71. The number of aliphatic carboxylic acids is 1. The fourth-order valence-corrected chi connectivity index (χ4v) is 4.84. The third-order valence-corrected chi connectivity index (χ3v) is 7.66. The summed E-state index contributed by atoms with van der Waals surface area (Å²) in [5.74, 6) is -1.18. The first-order chi connectivity index (χ1) is 16.7. The zero-order valence-corrected chi connectivity index (χ0v) is 21.1. The van der Waals surface area contributed by atoms with Crippen molar-refractivity contribution in [3.05, 3.63) is 73.5 Å². The predicted molar refractivity (Wildman–Crippen MR) is 123 cm³/mol. The molecular formula is C20H20BrF3N3O8P. The highest BCUT2D eigenvalue weighted by molar-refractivity contribution is 9.10. The lowest BCUT2D eigenvalue weighted by Crippen LogP contribution is -2.37. The summed E-state index contributed by atoms with van der Waals surface area (Å²) in [5, 5.41) is 9.33. The monoisotopic (exact) mass is 597 g/mol. The summed E-state index contributed by atoms with van der Waals surface area (Å²) in [6.07, 6.45) is -4.40. The summed E-state index contributed by atoms with van der Waals surface area (Å²) < 4.78 is 71.4. The molecule has 196 valence electrons. The molecule has 0 saturated heterocycles. The minimum absolute atomic E-state index is 0.117. The standard InChI is InChI=1S/C20H20BrF3N3O8P/c1-11(18(29)30)26(2)36(32,35-13-5-3-12(21)4-6-13)33-10-14-7-8-16(34-14)27-9-15(20(22,23)24)17(28)25-19(27)31/h3-9,11,14,16H,10H2,1-2H3,(H,29,30)(H,25,28,31)/t11-,14-,16+,36-/m0/s1. The molecule has 0 spiro atoms. The number of halogens is 4. The second kappa shape index (κ2) is 10.7. The molecule has 1 aromatic carbocycles. The second-order valence-corrected chi connectivity index (χ2v) is 10.5. The van der Waals surface area contributed by atoms with Crippen molar-refractivity contribution in [3.8, 4) is 5.75 Å². The van der Waals surface area contributed by atoms with Gasteiger partial charge in [0.25, 0.3) is 5.56 Å². The van der Waals surface area contributed by atoms with Crippen LogP contribution in [0.5, 0.6) is 5.75 Å². The first-order valence-corrected chi connectivity index (χ1v) is 12.4. The summed E-state index contributed by atoms with van der Waals surface area (Å²) in [5.41, 5.74) is -4.31. The van der Waals surface area contributed by atoms with Crippen LogP contribution < -0.4 is 15.8 Å². The van der Waals surface area contributed by atoms with Gasteiger partial charge in [-0.3, -0.25) is 23.7 Å². The van der Waals surface area contributed by atoms with Crippen LogP contribution in [0.2, 0.25) is 0 Å². The molecule has 1 aromatic heterocycles. The SMILES string of the molecule is C[C@@H](C(=O)O)N(C)[P@](=O)(OC[C@@H]1C=C[C@H](n2cc(C(F)(F)F)c(=O)[nH]c2=O)O1)Oc1ccc(Br)cc1. The van der Waals surface area contributed by atoms with Crippen LogP contribution in [-0.2, 0) is 24.8 Å². The number of nitrogens with zero attached hydrogens (tertiary/aromatic N) is 2. The number of hydrogen-bond donors (Lipinski definition) is 2. The first-order valence-electron chi connectivity index (χ1n) is 10.1. The van der Waals surface area contributed by atoms with Gasteiger partial charge >= 0.3 is 25.6 Å². The van der Waals surface area contributed by atoms with Crippen molar-refractivity contribution in [2.45, 2.75) is 31.5 Å². The number of aromatic amines is 1. The van der Waals surface area contributed by atoms with Gasteiger partial charge in [0.05, 0.1) is 6.61 Å². The molecule has 0 fully saturated rings. The van der Waals surface area contributed by atoms with E-state index in [0.29, 0.717) is 15.2 Å². The van der Waals surface area contributed by atoms with Crippen LogP contribution in [0.15, 0.2) is 56.7 Å². The Morgan fingerprint density at radius 2 is 1.94 bits per heavy atom. The Bertz CT molecular complexity index is 1310. The average molecular weight is 598 g/mol. The van der Waals surface area contributed by atoms with E-state index in [1.165, 1.54) is 38.3 Å². The van der Waals surface area contributed by atoms with Crippen LogP contribution in [-0.4, -0.2) is 51.1 Å². The number of alkyl halides is 3. The van der Waals surface area contributed by atoms with E-state index in [4.69, 9.17) is 13.8 Å². The number of likely N-dealkylation sites (N-methyl/N-ethyl adjacent to an activating group) is 1. The van der Waals surface area contributed by atoms with E-state index in [-0.39, 0.29) is 5.75 Å². The van der Waals surface area contributed by atoms with Gasteiger partial charge in [-0.05, 0) is 44.3 Å². The maximum absolute atomic E-state index is 13.6. The number of ether oxygens (including phenoxy) is 1. The predicted octanol–water partition coefficient (Wildman–Crippen LogP) is 3.38. The largest absolute Gasteiger partial charge is 0.480 e. The average Bonchev–Trinajstić information content (AvgIpc) is 3.26. The molecule has 11 nitrogen and oxygen atoms in total. The van der Waals surface area contributed by atoms with E-state index < -0.39 is 61.7 Å². The molecule has 4 atom stereocenters. The van der Waals surface area contributed by atoms with Crippen LogP contribution in [0.4, 0.5) is 13.2 Å². The number of carbonyl (C=O) groups is 1. The number of carboxylic acid groups (broad SMARTS) is 1. The Kier molecular flexibility index (Phi) is 8.30. The molecule has 0 unspecified atom stereocenters. The maximum atomic E-state index is 13.6. The van der Waals surface area contributed by atoms with Crippen LogP contribution in [0, 0.1) is 0 Å². The zero-order chi connectivity index (χ0) is 26.8. The topological polar surface area (TPSA) is 140 Å². The summed E-state index contributed by atoms with van der Waals surface area (Å²) >= 11 is 3.25. The Morgan fingerprint density at radius 3 is 2.53 bits per heavy atom. The Labute approximate surface area is 209 Å². The second-order valence-electron chi connectivity index (χ2n) is 7.55. The summed E-state index contributed by atoms with van der Waals surface area (Å²) in [4.78, 5) is 36.6. The highest BCUT2D eigenvalue weighted by Crippen LogP contribution is 2.52. The van der Waals surface area contributed by atoms with Crippen LogP contribution >= 0.6 is 23.7 Å². The van der Waals surface area contributed by atoms with Crippen molar-refractivity contribution in [3.63, 3.8) is 0 Å². The molecule has 2 N–H and O–H groups in total. The Balaban J connectivity index is 1.78. The first kappa shape index (κ1) is 27.9. The van der Waals surface area contributed by atoms with Gasteiger partial charge in [-0.2, -0.15) is 17.8 Å². The molecule has 0 radical (unpaired) electrons. The van der Waals surface area contributed by atoms with Crippen LogP contribution in [0.25, 0.3) is 0 Å². The fraction of sp³-hybridized carbons (Fsp3) is 0.350. The molecule has 3 rings (SSSR count). The van der Waals surface area contributed by atoms with E-state index in [0.717, 1.165) is 4.67 Å². The molecule has 0 aliphatic carbocycles. The summed E-state index contributed by atoms with van der Waals surface area (Å²) in [7, 11) is -3.06. The number of aromatic nitrogens is 2. The van der Waals surface area contributed by atoms with Crippen LogP contribution in [0.3, 0.4) is 0 Å². The molecule has 0 amide bonds.